The molecule has 192 valence electrons. The van der Waals surface area contributed by atoms with Gasteiger partial charge in [0.05, 0.1) is 35.4 Å². The molecule has 0 saturated heterocycles. The molecule has 4 rings (SSSR count). The van der Waals surface area contributed by atoms with Gasteiger partial charge in [-0.25, -0.2) is 27.6 Å². The SMILES string of the molecule is C[C@@H](OC(=O)Nc1c(-c2ccc(NC(=O)[C@]3(C#N)C[C@H]3C(F)F)cn2)nnn1C)c1cc(F)cnc1F. The second-order valence-electron chi connectivity index (χ2n) is 8.23. The number of hydrogen-bond donors (Lipinski definition) is 2. The Hall–Kier alpha value is -4.61. The number of carbonyl (C=O) groups is 2. The highest BCUT2D eigenvalue weighted by atomic mass is 19.3. The fourth-order valence-electron chi connectivity index (χ4n) is 3.63. The number of anilines is 2. The van der Waals surface area contributed by atoms with Crippen molar-refractivity contribution in [3.05, 3.63) is 47.9 Å². The van der Waals surface area contributed by atoms with E-state index in [4.69, 9.17) is 4.74 Å². The molecule has 3 aromatic heterocycles. The third-order valence-corrected chi connectivity index (χ3v) is 5.79. The van der Waals surface area contributed by atoms with Gasteiger partial charge in [0.25, 0.3) is 0 Å². The summed E-state index contributed by atoms with van der Waals surface area (Å²) in [6.07, 6.45) is -3.31. The van der Waals surface area contributed by atoms with Crippen molar-refractivity contribution < 1.29 is 31.9 Å². The van der Waals surface area contributed by atoms with Crippen molar-refractivity contribution in [1.29, 1.82) is 5.26 Å². The topological polar surface area (TPSA) is 148 Å². The van der Waals surface area contributed by atoms with Gasteiger partial charge in [0.15, 0.2) is 11.5 Å². The summed E-state index contributed by atoms with van der Waals surface area (Å²) in [6.45, 7) is 1.33. The maximum absolute atomic E-state index is 13.9. The number of carbonyl (C=O) groups excluding carboxylic acids is 2. The average Bonchev–Trinajstić information content (AvgIpc) is 3.53. The van der Waals surface area contributed by atoms with Gasteiger partial charge in [0.2, 0.25) is 18.3 Å². The number of aromatic nitrogens is 5. The Morgan fingerprint density at radius 2 is 2.00 bits per heavy atom. The quantitative estimate of drug-likeness (QED) is 0.356. The van der Waals surface area contributed by atoms with E-state index in [2.05, 4.69) is 30.9 Å². The first-order chi connectivity index (χ1) is 17.6. The van der Waals surface area contributed by atoms with E-state index in [0.717, 1.165) is 6.07 Å². The van der Waals surface area contributed by atoms with Crippen LogP contribution in [0.5, 0.6) is 0 Å². The molecule has 0 radical (unpaired) electrons. The van der Waals surface area contributed by atoms with Crippen LogP contribution in [0.2, 0.25) is 0 Å². The van der Waals surface area contributed by atoms with Gasteiger partial charge in [0.1, 0.15) is 17.3 Å². The lowest BCUT2D eigenvalue weighted by atomic mass is 10.1. The number of aryl methyl sites for hydroxylation is 1. The summed E-state index contributed by atoms with van der Waals surface area (Å²) in [7, 11) is 1.47. The van der Waals surface area contributed by atoms with E-state index in [1.807, 2.05) is 0 Å². The summed E-state index contributed by atoms with van der Waals surface area (Å²) >= 11 is 0. The van der Waals surface area contributed by atoms with E-state index >= 15 is 0 Å². The minimum Gasteiger partial charge on any atom is -0.441 e. The van der Waals surface area contributed by atoms with Crippen LogP contribution in [0, 0.1) is 34.4 Å². The van der Waals surface area contributed by atoms with Crippen molar-refractivity contribution >= 4 is 23.5 Å². The summed E-state index contributed by atoms with van der Waals surface area (Å²) in [5.74, 6) is -3.91. The fourth-order valence-corrected chi connectivity index (χ4v) is 3.63. The second-order valence-corrected chi connectivity index (χ2v) is 8.23. The number of hydrogen-bond acceptors (Lipinski definition) is 8. The second kappa shape index (κ2) is 9.80. The van der Waals surface area contributed by atoms with E-state index in [9.17, 15) is 32.4 Å². The molecule has 3 atom stereocenters. The number of nitriles is 1. The van der Waals surface area contributed by atoms with Crippen molar-refractivity contribution in [2.24, 2.45) is 18.4 Å². The van der Waals surface area contributed by atoms with E-state index < -0.39 is 47.6 Å². The molecule has 1 aliphatic carbocycles. The predicted octanol–water partition coefficient (Wildman–Crippen LogP) is 3.59. The number of rotatable bonds is 7. The van der Waals surface area contributed by atoms with Gasteiger partial charge < -0.3 is 10.1 Å². The summed E-state index contributed by atoms with van der Waals surface area (Å²) in [6, 6.07) is 5.35. The van der Waals surface area contributed by atoms with Gasteiger partial charge in [-0.1, -0.05) is 5.21 Å². The first kappa shape index (κ1) is 25.5. The molecule has 0 bridgehead atoms. The van der Waals surface area contributed by atoms with Gasteiger partial charge in [0, 0.05) is 13.0 Å². The number of ether oxygens (including phenoxy) is 1. The van der Waals surface area contributed by atoms with Crippen LogP contribution in [-0.4, -0.2) is 43.4 Å². The molecule has 1 saturated carbocycles. The molecule has 2 amide bonds. The summed E-state index contributed by atoms with van der Waals surface area (Å²) in [5, 5.41) is 21.8. The minimum atomic E-state index is -2.78. The Balaban J connectivity index is 1.45. The molecular weight excluding hydrogens is 500 g/mol. The highest BCUT2D eigenvalue weighted by Gasteiger charge is 2.65. The number of nitrogens with zero attached hydrogens (tertiary/aromatic N) is 6. The van der Waals surface area contributed by atoms with Gasteiger partial charge in [-0.2, -0.15) is 9.65 Å². The molecule has 15 heteroatoms. The number of nitrogens with one attached hydrogen (secondary N) is 2. The zero-order valence-electron chi connectivity index (χ0n) is 19.2. The molecule has 0 aromatic carbocycles. The van der Waals surface area contributed by atoms with Gasteiger partial charge >= 0.3 is 6.09 Å². The molecule has 0 unspecified atom stereocenters. The van der Waals surface area contributed by atoms with Gasteiger partial charge in [-0.15, -0.1) is 5.10 Å². The zero-order valence-corrected chi connectivity index (χ0v) is 19.2. The number of pyridine rings is 2. The lowest BCUT2D eigenvalue weighted by Gasteiger charge is -2.15. The molecule has 1 aliphatic rings. The molecule has 1 fully saturated rings. The molecule has 37 heavy (non-hydrogen) atoms. The summed E-state index contributed by atoms with van der Waals surface area (Å²) < 4.78 is 59.4. The fraction of sp³-hybridized carbons (Fsp3) is 0.318. The maximum Gasteiger partial charge on any atom is 0.413 e. The first-order valence-corrected chi connectivity index (χ1v) is 10.7. The van der Waals surface area contributed by atoms with Crippen LogP contribution in [0.25, 0.3) is 11.4 Å². The predicted molar refractivity (Wildman–Crippen MR) is 118 cm³/mol. The zero-order chi connectivity index (χ0) is 26.9. The van der Waals surface area contributed by atoms with E-state index in [1.165, 1.54) is 37.0 Å². The lowest BCUT2D eigenvalue weighted by Crippen LogP contribution is -2.26. The summed E-state index contributed by atoms with van der Waals surface area (Å²) in [5.41, 5.74) is -1.57. The van der Waals surface area contributed by atoms with Crippen LogP contribution >= 0.6 is 0 Å². The van der Waals surface area contributed by atoms with Crippen molar-refractivity contribution in [1.82, 2.24) is 25.0 Å². The standard InChI is InChI=1S/C22H18F4N8O3/c1-10(13-5-11(23)7-29-18(13)26)37-21(36)31-19-16(32-33-34(19)2)15-4-3-12(8-28-15)30-20(35)22(9-27)6-14(22)17(24)25/h3-5,7-8,10,14,17H,6H2,1-2H3,(H,30,35)(H,31,36)/t10-,14+,22+/m1/s1. The summed E-state index contributed by atoms with van der Waals surface area (Å²) in [4.78, 5) is 32.2. The van der Waals surface area contributed by atoms with Crippen LogP contribution in [0.1, 0.15) is 25.0 Å². The van der Waals surface area contributed by atoms with Crippen molar-refractivity contribution in [3.63, 3.8) is 0 Å². The Kier molecular flexibility index (Phi) is 6.75. The van der Waals surface area contributed by atoms with Crippen LogP contribution in [0.4, 0.5) is 33.9 Å². The minimum absolute atomic E-state index is 0.0560. The first-order valence-electron chi connectivity index (χ1n) is 10.7. The molecular formula is C22H18F4N8O3. The number of alkyl halides is 2. The van der Waals surface area contributed by atoms with E-state index in [1.54, 1.807) is 6.07 Å². The highest BCUT2D eigenvalue weighted by molar-refractivity contribution is 5.99. The van der Waals surface area contributed by atoms with Gasteiger partial charge in [-0.3, -0.25) is 15.1 Å². The maximum atomic E-state index is 13.9. The Morgan fingerprint density at radius 3 is 2.62 bits per heavy atom. The monoisotopic (exact) mass is 518 g/mol. The van der Waals surface area contributed by atoms with Crippen LogP contribution < -0.4 is 10.6 Å². The Morgan fingerprint density at radius 1 is 1.24 bits per heavy atom. The van der Waals surface area contributed by atoms with Crippen molar-refractivity contribution in [2.45, 2.75) is 25.9 Å². The largest absolute Gasteiger partial charge is 0.441 e. The third kappa shape index (κ3) is 5.03. The van der Waals surface area contributed by atoms with Crippen LogP contribution in [0.15, 0.2) is 30.6 Å². The average molecular weight is 518 g/mol. The molecule has 0 aliphatic heterocycles. The van der Waals surface area contributed by atoms with Crippen molar-refractivity contribution in [2.75, 3.05) is 10.6 Å². The smallest absolute Gasteiger partial charge is 0.413 e. The van der Waals surface area contributed by atoms with Crippen molar-refractivity contribution in [3.8, 4) is 17.5 Å². The number of amides is 2. The number of halogens is 4. The van der Waals surface area contributed by atoms with Gasteiger partial charge in [-0.05, 0) is 31.5 Å². The normalized spacial score (nSPS) is 19.1. The lowest BCUT2D eigenvalue weighted by molar-refractivity contribution is -0.120. The third-order valence-electron chi connectivity index (χ3n) is 5.79. The molecule has 3 heterocycles. The Bertz CT molecular complexity index is 1390. The van der Waals surface area contributed by atoms with E-state index in [0.29, 0.717) is 6.20 Å². The molecule has 3 aromatic rings. The van der Waals surface area contributed by atoms with E-state index in [-0.39, 0.29) is 34.9 Å². The Labute approximate surface area is 206 Å². The van der Waals surface area contributed by atoms with Crippen LogP contribution in [-0.2, 0) is 16.6 Å². The molecule has 0 spiro atoms. The highest BCUT2D eigenvalue weighted by Crippen LogP contribution is 2.55. The molecule has 2 N–H and O–H groups in total. The van der Waals surface area contributed by atoms with Crippen LogP contribution in [0.3, 0.4) is 0 Å². The molecule has 11 nitrogen and oxygen atoms in total.